The standard InChI is InChI=1S/C28H36ClF2N5O3/c1-16(2)11-23(34-19-7-3-6-18(29)13-19)27(39)36-21-8-9-22(28(30,31)14-21)24(36)26(38)35-20(15-32)12-17-5-4-10-33-25(17)37/h3,6-7,13,16-17,20-24,34H,4-5,8-12,14H2,1-2H3,(H,33,37)(H,35,38)/t17-,20-,21+,22+,23-,24-/m0/s1. The Morgan fingerprint density at radius 2 is 2.05 bits per heavy atom. The van der Waals surface area contributed by atoms with Gasteiger partial charge in [-0.05, 0) is 62.6 Å². The van der Waals surface area contributed by atoms with Gasteiger partial charge in [-0.15, -0.1) is 0 Å². The van der Waals surface area contributed by atoms with Crippen LogP contribution in [0.4, 0.5) is 14.5 Å². The molecule has 0 aromatic heterocycles. The summed E-state index contributed by atoms with van der Waals surface area (Å²) in [6.45, 7) is 4.48. The van der Waals surface area contributed by atoms with E-state index in [-0.39, 0.29) is 24.7 Å². The van der Waals surface area contributed by atoms with E-state index in [4.69, 9.17) is 11.6 Å². The fourth-order valence-corrected chi connectivity index (χ4v) is 6.41. The van der Waals surface area contributed by atoms with E-state index in [1.165, 1.54) is 4.90 Å². The second kappa shape index (κ2) is 12.1. The van der Waals surface area contributed by atoms with E-state index in [1.54, 1.807) is 24.3 Å². The Morgan fingerprint density at radius 1 is 1.28 bits per heavy atom. The number of piperidine rings is 3. The molecule has 3 N–H and O–H groups in total. The van der Waals surface area contributed by atoms with Gasteiger partial charge in [-0.3, -0.25) is 14.4 Å². The Kier molecular flexibility index (Phi) is 9.00. The molecule has 11 heteroatoms. The topological polar surface area (TPSA) is 114 Å². The highest BCUT2D eigenvalue weighted by Gasteiger charge is 2.61. The number of nitriles is 1. The predicted octanol–water partition coefficient (Wildman–Crippen LogP) is 4.11. The summed E-state index contributed by atoms with van der Waals surface area (Å²) >= 11 is 6.13. The van der Waals surface area contributed by atoms with E-state index < -0.39 is 60.2 Å². The molecule has 8 nitrogen and oxygen atoms in total. The molecule has 3 heterocycles. The molecule has 3 aliphatic heterocycles. The molecule has 3 amide bonds. The van der Waals surface area contributed by atoms with Crippen molar-refractivity contribution in [1.82, 2.24) is 15.5 Å². The number of carbonyl (C=O) groups excluding carboxylic acids is 3. The van der Waals surface area contributed by atoms with Crippen LogP contribution >= 0.6 is 11.6 Å². The summed E-state index contributed by atoms with van der Waals surface area (Å²) in [5.41, 5.74) is 0.616. The lowest BCUT2D eigenvalue weighted by atomic mass is 9.71. The molecular weight excluding hydrogens is 528 g/mol. The molecular formula is C28H36ClF2N5O3. The zero-order valence-corrected chi connectivity index (χ0v) is 23.0. The number of anilines is 1. The number of hydrogen-bond acceptors (Lipinski definition) is 5. The quantitative estimate of drug-likeness (QED) is 0.418. The lowest BCUT2D eigenvalue weighted by Gasteiger charge is -2.54. The van der Waals surface area contributed by atoms with Crippen LogP contribution in [-0.2, 0) is 14.4 Å². The maximum atomic E-state index is 15.1. The van der Waals surface area contributed by atoms with Crippen LogP contribution in [0.15, 0.2) is 24.3 Å². The van der Waals surface area contributed by atoms with Crippen LogP contribution in [0, 0.1) is 29.1 Å². The highest BCUT2D eigenvalue weighted by atomic mass is 35.5. The molecule has 4 aliphatic rings. The van der Waals surface area contributed by atoms with E-state index in [0.717, 1.165) is 6.42 Å². The minimum Gasteiger partial charge on any atom is -0.374 e. The Labute approximate surface area is 232 Å². The van der Waals surface area contributed by atoms with Crippen molar-refractivity contribution >= 4 is 35.0 Å². The number of nitrogens with zero attached hydrogens (tertiary/aromatic N) is 2. The monoisotopic (exact) mass is 563 g/mol. The number of nitrogens with one attached hydrogen (secondary N) is 3. The number of rotatable bonds is 9. The summed E-state index contributed by atoms with van der Waals surface area (Å²) in [4.78, 5) is 41.2. The maximum Gasteiger partial charge on any atom is 0.255 e. The van der Waals surface area contributed by atoms with Crippen molar-refractivity contribution in [1.29, 1.82) is 5.26 Å². The maximum absolute atomic E-state index is 15.1. The third-order valence-electron chi connectivity index (χ3n) is 8.02. The molecule has 0 spiro atoms. The molecule has 1 saturated carbocycles. The minimum atomic E-state index is -3.11. The van der Waals surface area contributed by atoms with Gasteiger partial charge in [-0.1, -0.05) is 31.5 Å². The second-order valence-electron chi connectivity index (χ2n) is 11.4. The first-order chi connectivity index (χ1) is 18.5. The average Bonchev–Trinajstić information content (AvgIpc) is 2.87. The predicted molar refractivity (Wildman–Crippen MR) is 143 cm³/mol. The fourth-order valence-electron chi connectivity index (χ4n) is 6.22. The van der Waals surface area contributed by atoms with Crippen LogP contribution in [0.3, 0.4) is 0 Å². The van der Waals surface area contributed by atoms with Crippen molar-refractivity contribution in [2.75, 3.05) is 11.9 Å². The van der Waals surface area contributed by atoms with Gasteiger partial charge >= 0.3 is 0 Å². The SMILES string of the molecule is CC(C)C[C@H](Nc1cccc(Cl)c1)C(=O)N1[C@@H]2CC[C@H]([C@H]1C(=O)N[C@H](C#N)C[C@@H]1CCCNC1=O)C(F)(F)C2. The normalized spacial score (nSPS) is 27.3. The van der Waals surface area contributed by atoms with Crippen molar-refractivity contribution in [3.8, 4) is 6.07 Å². The van der Waals surface area contributed by atoms with Gasteiger partial charge in [0.1, 0.15) is 18.1 Å². The number of alkyl halides is 2. The van der Waals surface area contributed by atoms with Crippen molar-refractivity contribution in [3.63, 3.8) is 0 Å². The van der Waals surface area contributed by atoms with Gasteiger partial charge in [-0.25, -0.2) is 8.78 Å². The first-order valence-corrected chi connectivity index (χ1v) is 14.1. The molecule has 0 unspecified atom stereocenters. The Bertz CT molecular complexity index is 1130. The summed E-state index contributed by atoms with van der Waals surface area (Å²) in [5, 5.41) is 18.8. The van der Waals surface area contributed by atoms with Gasteiger partial charge in [-0.2, -0.15) is 5.26 Å². The lowest BCUT2D eigenvalue weighted by Crippen LogP contribution is -2.70. The average molecular weight is 564 g/mol. The first-order valence-electron chi connectivity index (χ1n) is 13.7. The van der Waals surface area contributed by atoms with E-state index in [9.17, 15) is 19.6 Å². The van der Waals surface area contributed by atoms with Crippen LogP contribution < -0.4 is 16.0 Å². The largest absolute Gasteiger partial charge is 0.374 e. The molecule has 1 aliphatic carbocycles. The van der Waals surface area contributed by atoms with Gasteiger partial charge in [0.15, 0.2) is 0 Å². The summed E-state index contributed by atoms with van der Waals surface area (Å²) in [6, 6.07) is 4.91. The molecule has 0 radical (unpaired) electrons. The number of carbonyl (C=O) groups is 3. The zero-order valence-electron chi connectivity index (χ0n) is 22.3. The number of hydrogen-bond donors (Lipinski definition) is 3. The molecule has 3 saturated heterocycles. The molecule has 2 bridgehead atoms. The fraction of sp³-hybridized carbons (Fsp3) is 0.643. The molecule has 1 aromatic carbocycles. The van der Waals surface area contributed by atoms with Gasteiger partial charge in [0.2, 0.25) is 17.7 Å². The van der Waals surface area contributed by atoms with E-state index in [0.29, 0.717) is 36.5 Å². The van der Waals surface area contributed by atoms with Crippen LogP contribution in [0.2, 0.25) is 5.02 Å². The number of halogens is 3. The Hall–Kier alpha value is -2.93. The molecule has 4 fully saturated rings. The van der Waals surface area contributed by atoms with Gasteiger partial charge in [0.05, 0.1) is 12.0 Å². The molecule has 5 rings (SSSR count). The molecule has 6 atom stereocenters. The lowest BCUT2D eigenvalue weighted by molar-refractivity contribution is -0.194. The zero-order chi connectivity index (χ0) is 28.3. The van der Waals surface area contributed by atoms with Crippen LogP contribution in [0.1, 0.15) is 58.8 Å². The first kappa shape index (κ1) is 29.1. The highest BCUT2D eigenvalue weighted by molar-refractivity contribution is 6.30. The van der Waals surface area contributed by atoms with E-state index >= 15 is 8.78 Å². The number of amides is 3. The smallest absolute Gasteiger partial charge is 0.255 e. The van der Waals surface area contributed by atoms with Crippen molar-refractivity contribution in [3.05, 3.63) is 29.3 Å². The second-order valence-corrected chi connectivity index (χ2v) is 11.8. The summed E-state index contributed by atoms with van der Waals surface area (Å²) in [5.74, 6) is -6.18. The summed E-state index contributed by atoms with van der Waals surface area (Å²) < 4.78 is 30.3. The molecule has 1 aromatic rings. The van der Waals surface area contributed by atoms with Gasteiger partial charge in [0, 0.05) is 35.6 Å². The third kappa shape index (κ3) is 6.63. The van der Waals surface area contributed by atoms with E-state index in [2.05, 4.69) is 16.0 Å². The number of fused-ring (bicyclic) bond motifs is 3. The van der Waals surface area contributed by atoms with E-state index in [1.807, 2.05) is 19.9 Å². The van der Waals surface area contributed by atoms with Crippen LogP contribution in [0.5, 0.6) is 0 Å². The molecule has 39 heavy (non-hydrogen) atoms. The number of benzene rings is 1. The minimum absolute atomic E-state index is 0.0888. The van der Waals surface area contributed by atoms with Gasteiger partial charge in [0.25, 0.3) is 5.92 Å². The highest BCUT2D eigenvalue weighted by Crippen LogP contribution is 2.49. The Balaban J connectivity index is 1.58. The van der Waals surface area contributed by atoms with Crippen molar-refractivity contribution in [2.45, 2.75) is 88.9 Å². The van der Waals surface area contributed by atoms with Crippen LogP contribution in [0.25, 0.3) is 0 Å². The van der Waals surface area contributed by atoms with Crippen LogP contribution in [-0.4, -0.2) is 59.3 Å². The van der Waals surface area contributed by atoms with Crippen molar-refractivity contribution < 1.29 is 23.2 Å². The third-order valence-corrected chi connectivity index (χ3v) is 8.26. The summed E-state index contributed by atoms with van der Waals surface area (Å²) in [6.07, 6.45) is 1.85. The van der Waals surface area contributed by atoms with Crippen molar-refractivity contribution in [2.24, 2.45) is 17.8 Å². The molecule has 212 valence electrons. The summed E-state index contributed by atoms with van der Waals surface area (Å²) in [7, 11) is 0. The Morgan fingerprint density at radius 3 is 2.69 bits per heavy atom. The van der Waals surface area contributed by atoms with Gasteiger partial charge < -0.3 is 20.9 Å².